The fourth-order valence-corrected chi connectivity index (χ4v) is 3.61. The highest BCUT2D eigenvalue weighted by atomic mass is 32.2. The molecule has 0 unspecified atom stereocenters. The summed E-state index contributed by atoms with van der Waals surface area (Å²) in [5.41, 5.74) is 0.943. The summed E-state index contributed by atoms with van der Waals surface area (Å²) >= 11 is 1.02. The first-order chi connectivity index (χ1) is 13.9. The van der Waals surface area contributed by atoms with Crippen molar-refractivity contribution in [2.75, 3.05) is 18.2 Å². The van der Waals surface area contributed by atoms with Gasteiger partial charge in [-0.15, -0.1) is 0 Å². The number of carbonyl (C=O) groups is 3. The van der Waals surface area contributed by atoms with Crippen LogP contribution in [0.2, 0.25) is 0 Å². The Kier molecular flexibility index (Phi) is 6.13. The number of methoxy groups -OCH3 is 1. The van der Waals surface area contributed by atoms with Gasteiger partial charge in [0.05, 0.1) is 23.4 Å². The number of ketones is 1. The number of ether oxygens (including phenoxy) is 1. The number of Topliss-reactive ketones (excluding diaryl/α,β-unsaturated/α-hetero) is 1. The van der Waals surface area contributed by atoms with E-state index in [-0.39, 0.29) is 28.0 Å². The van der Waals surface area contributed by atoms with Gasteiger partial charge in [0.25, 0.3) is 0 Å². The fourth-order valence-electron chi connectivity index (χ4n) is 2.76. The van der Waals surface area contributed by atoms with E-state index in [2.05, 4.69) is 10.3 Å². The minimum absolute atomic E-state index is 0.0530. The van der Waals surface area contributed by atoms with Gasteiger partial charge in [-0.2, -0.15) is 0 Å². The van der Waals surface area contributed by atoms with Crippen LogP contribution in [0.15, 0.2) is 58.4 Å². The van der Waals surface area contributed by atoms with E-state index in [1.807, 2.05) is 0 Å². The van der Waals surface area contributed by atoms with Gasteiger partial charge >= 0.3 is 5.97 Å². The van der Waals surface area contributed by atoms with Crippen LogP contribution in [0.4, 0.5) is 5.69 Å². The van der Waals surface area contributed by atoms with Gasteiger partial charge in [-0.25, -0.2) is 4.79 Å². The number of pyridine rings is 1. The van der Waals surface area contributed by atoms with E-state index in [1.54, 1.807) is 48.5 Å². The number of H-pyrrole nitrogens is 1. The molecule has 0 aliphatic rings. The normalized spacial score (nSPS) is 10.6. The molecule has 0 spiro atoms. The zero-order valence-corrected chi connectivity index (χ0v) is 16.6. The second-order valence-electron chi connectivity index (χ2n) is 6.17. The molecule has 7 nitrogen and oxygen atoms in total. The third-order valence-corrected chi connectivity index (χ3v) is 5.17. The number of amides is 1. The number of hydrogen-bond acceptors (Lipinski definition) is 6. The Bertz CT molecular complexity index is 1170. The summed E-state index contributed by atoms with van der Waals surface area (Å²) in [5, 5.41) is 3.32. The topological polar surface area (TPSA) is 105 Å². The molecule has 0 aliphatic carbocycles. The largest absolute Gasteiger partial charge is 0.465 e. The molecule has 0 saturated heterocycles. The SMILES string of the molecule is COC(=O)c1c(SCC(=O)Nc2cccc(C(C)=O)c2)[nH]c2ccccc2c1=O. The van der Waals surface area contributed by atoms with Crippen LogP contribution >= 0.6 is 11.8 Å². The Morgan fingerprint density at radius 1 is 1.10 bits per heavy atom. The van der Waals surface area contributed by atoms with Gasteiger partial charge < -0.3 is 15.0 Å². The summed E-state index contributed by atoms with van der Waals surface area (Å²) in [6, 6.07) is 13.4. The number of thioether (sulfide) groups is 1. The minimum Gasteiger partial charge on any atom is -0.465 e. The van der Waals surface area contributed by atoms with Crippen molar-refractivity contribution in [2.45, 2.75) is 11.9 Å². The molecule has 1 amide bonds. The van der Waals surface area contributed by atoms with Crippen molar-refractivity contribution in [1.29, 1.82) is 0 Å². The predicted molar refractivity (Wildman–Crippen MR) is 112 cm³/mol. The van der Waals surface area contributed by atoms with E-state index in [0.29, 0.717) is 22.2 Å². The average molecular weight is 410 g/mol. The van der Waals surface area contributed by atoms with Crippen LogP contribution < -0.4 is 10.7 Å². The summed E-state index contributed by atoms with van der Waals surface area (Å²) in [5.74, 6) is -1.27. The molecular formula is C21H18N2O5S. The summed E-state index contributed by atoms with van der Waals surface area (Å²) in [4.78, 5) is 51.7. The van der Waals surface area contributed by atoms with Gasteiger partial charge in [0.2, 0.25) is 11.3 Å². The van der Waals surface area contributed by atoms with Crippen molar-refractivity contribution < 1.29 is 19.1 Å². The van der Waals surface area contributed by atoms with E-state index >= 15 is 0 Å². The number of aromatic amines is 1. The van der Waals surface area contributed by atoms with E-state index in [0.717, 1.165) is 11.8 Å². The van der Waals surface area contributed by atoms with E-state index in [1.165, 1.54) is 14.0 Å². The van der Waals surface area contributed by atoms with Crippen molar-refractivity contribution in [2.24, 2.45) is 0 Å². The minimum atomic E-state index is -0.769. The molecule has 3 rings (SSSR count). The maximum atomic E-state index is 12.7. The molecule has 1 heterocycles. The highest BCUT2D eigenvalue weighted by molar-refractivity contribution is 8.00. The lowest BCUT2D eigenvalue weighted by Gasteiger charge is -2.10. The lowest BCUT2D eigenvalue weighted by Crippen LogP contribution is -2.20. The molecule has 0 atom stereocenters. The first kappa shape index (κ1) is 20.3. The molecule has 2 aromatic carbocycles. The smallest absolute Gasteiger partial charge is 0.344 e. The standard InChI is InChI=1S/C21H18N2O5S/c1-12(24)13-6-5-7-14(10-13)22-17(25)11-29-20-18(21(27)28-2)19(26)15-8-3-4-9-16(15)23-20/h3-10H,11H2,1-2H3,(H,22,25)(H,23,26). The lowest BCUT2D eigenvalue weighted by molar-refractivity contribution is -0.113. The number of carbonyl (C=O) groups excluding carboxylic acids is 3. The molecule has 8 heteroatoms. The van der Waals surface area contributed by atoms with E-state index in [9.17, 15) is 19.2 Å². The zero-order chi connectivity index (χ0) is 21.0. The van der Waals surface area contributed by atoms with Crippen LogP contribution in [-0.4, -0.2) is 35.5 Å². The van der Waals surface area contributed by atoms with Gasteiger partial charge in [-0.1, -0.05) is 36.0 Å². The predicted octanol–water partition coefficient (Wildman–Crippen LogP) is 3.25. The summed E-state index contributed by atoms with van der Waals surface area (Å²) in [6.45, 7) is 1.45. The first-order valence-corrected chi connectivity index (χ1v) is 9.66. The fraction of sp³-hybridized carbons (Fsp3) is 0.143. The molecule has 0 bridgehead atoms. The average Bonchev–Trinajstić information content (AvgIpc) is 2.72. The van der Waals surface area contributed by atoms with E-state index < -0.39 is 11.4 Å². The van der Waals surface area contributed by atoms with Crippen molar-refractivity contribution >= 4 is 46.0 Å². The Hall–Kier alpha value is -3.39. The molecular weight excluding hydrogens is 392 g/mol. The van der Waals surface area contributed by atoms with Gasteiger partial charge in [-0.05, 0) is 31.2 Å². The molecule has 29 heavy (non-hydrogen) atoms. The van der Waals surface area contributed by atoms with Crippen LogP contribution in [0.1, 0.15) is 27.6 Å². The van der Waals surface area contributed by atoms with Gasteiger partial charge in [0.15, 0.2) is 5.78 Å². The number of rotatable bonds is 6. The number of anilines is 1. The monoisotopic (exact) mass is 410 g/mol. The number of esters is 1. The lowest BCUT2D eigenvalue weighted by atomic mass is 10.1. The first-order valence-electron chi connectivity index (χ1n) is 8.67. The van der Waals surface area contributed by atoms with Gasteiger partial charge in [-0.3, -0.25) is 14.4 Å². The van der Waals surface area contributed by atoms with Crippen LogP contribution in [-0.2, 0) is 9.53 Å². The maximum absolute atomic E-state index is 12.7. The maximum Gasteiger partial charge on any atom is 0.344 e. The Morgan fingerprint density at radius 2 is 1.86 bits per heavy atom. The number of nitrogens with one attached hydrogen (secondary N) is 2. The van der Waals surface area contributed by atoms with Crippen molar-refractivity contribution in [3.8, 4) is 0 Å². The zero-order valence-electron chi connectivity index (χ0n) is 15.8. The third kappa shape index (κ3) is 4.55. The molecule has 2 N–H and O–H groups in total. The Morgan fingerprint density at radius 3 is 2.59 bits per heavy atom. The molecule has 0 radical (unpaired) electrons. The molecule has 3 aromatic rings. The van der Waals surface area contributed by atoms with Crippen LogP contribution in [0.3, 0.4) is 0 Å². The number of fused-ring (bicyclic) bond motifs is 1. The molecule has 148 valence electrons. The second kappa shape index (κ2) is 8.74. The van der Waals surface area contributed by atoms with Gasteiger partial charge in [0, 0.05) is 16.6 Å². The molecule has 0 aliphatic heterocycles. The molecule has 1 aromatic heterocycles. The van der Waals surface area contributed by atoms with Crippen molar-refractivity contribution in [3.05, 3.63) is 69.9 Å². The Balaban J connectivity index is 1.83. The number of benzene rings is 2. The Labute approximate surface area is 170 Å². The number of aromatic nitrogens is 1. The van der Waals surface area contributed by atoms with Crippen LogP contribution in [0.25, 0.3) is 10.9 Å². The van der Waals surface area contributed by atoms with E-state index in [4.69, 9.17) is 4.74 Å². The summed E-state index contributed by atoms with van der Waals surface area (Å²) in [6.07, 6.45) is 0. The summed E-state index contributed by atoms with van der Waals surface area (Å²) in [7, 11) is 1.19. The third-order valence-electron chi connectivity index (χ3n) is 4.16. The number of hydrogen-bond donors (Lipinski definition) is 2. The highest BCUT2D eigenvalue weighted by Gasteiger charge is 2.20. The number of para-hydroxylation sites is 1. The summed E-state index contributed by atoms with van der Waals surface area (Å²) < 4.78 is 4.74. The van der Waals surface area contributed by atoms with Crippen molar-refractivity contribution in [1.82, 2.24) is 4.98 Å². The second-order valence-corrected chi connectivity index (χ2v) is 7.15. The van der Waals surface area contributed by atoms with Crippen molar-refractivity contribution in [3.63, 3.8) is 0 Å². The van der Waals surface area contributed by atoms with Crippen LogP contribution in [0.5, 0.6) is 0 Å². The molecule has 0 fully saturated rings. The van der Waals surface area contributed by atoms with Crippen LogP contribution in [0, 0.1) is 0 Å². The molecule has 0 saturated carbocycles. The van der Waals surface area contributed by atoms with Gasteiger partial charge in [0.1, 0.15) is 5.56 Å². The highest BCUT2D eigenvalue weighted by Crippen LogP contribution is 2.23. The quantitative estimate of drug-likeness (QED) is 0.367.